The Bertz CT molecular complexity index is 637. The van der Waals surface area contributed by atoms with Crippen LogP contribution < -0.4 is 5.32 Å². The minimum atomic E-state index is -0.402. The fraction of sp³-hybridized carbons (Fsp3) is 0.600. The normalized spacial score (nSPS) is 18.6. The van der Waals surface area contributed by atoms with Crippen molar-refractivity contribution >= 4 is 24.2 Å². The summed E-state index contributed by atoms with van der Waals surface area (Å²) in [4.78, 5) is 28.7. The maximum absolute atomic E-state index is 13.4. The molecule has 2 aliphatic rings. The standard InChI is InChI=1S/C20H28FN3O2.ClH/c21-18-4-1-3-17(15-18)20(26)24-12-2-11-23(13-14-24)19(25)6-5-16-7-9-22-10-8-16;/h1,3-4,15-16,22H,2,5-14H2;1H. The van der Waals surface area contributed by atoms with Crippen molar-refractivity contribution in [2.45, 2.75) is 32.1 Å². The Kier molecular flexibility index (Phi) is 8.51. The number of hydrogen-bond donors (Lipinski definition) is 1. The Hall–Kier alpha value is -1.66. The number of piperidine rings is 1. The summed E-state index contributed by atoms with van der Waals surface area (Å²) in [6.45, 7) is 4.48. The molecule has 3 rings (SSSR count). The van der Waals surface area contributed by atoms with Gasteiger partial charge in [-0.05, 0) is 62.9 Å². The highest BCUT2D eigenvalue weighted by Gasteiger charge is 2.23. The average Bonchev–Trinajstić information content (AvgIpc) is 2.92. The minimum absolute atomic E-state index is 0. The molecule has 150 valence electrons. The molecule has 2 heterocycles. The number of nitrogens with zero attached hydrogens (tertiary/aromatic N) is 2. The van der Waals surface area contributed by atoms with Crippen LogP contribution in [0.4, 0.5) is 4.39 Å². The Morgan fingerprint density at radius 1 is 1.07 bits per heavy atom. The van der Waals surface area contributed by atoms with Crippen molar-refractivity contribution in [2.75, 3.05) is 39.3 Å². The Morgan fingerprint density at radius 2 is 1.78 bits per heavy atom. The van der Waals surface area contributed by atoms with Crippen molar-refractivity contribution < 1.29 is 14.0 Å². The first-order valence-electron chi connectivity index (χ1n) is 9.67. The molecule has 7 heteroatoms. The first-order valence-corrected chi connectivity index (χ1v) is 9.67. The molecule has 2 fully saturated rings. The molecule has 0 atom stereocenters. The van der Waals surface area contributed by atoms with Crippen LogP contribution in [0.3, 0.4) is 0 Å². The fourth-order valence-electron chi connectivity index (χ4n) is 3.83. The predicted octanol–water partition coefficient (Wildman–Crippen LogP) is 2.70. The van der Waals surface area contributed by atoms with Crippen molar-refractivity contribution in [3.05, 3.63) is 35.6 Å². The van der Waals surface area contributed by atoms with Gasteiger partial charge < -0.3 is 15.1 Å². The highest BCUT2D eigenvalue weighted by molar-refractivity contribution is 5.94. The number of carbonyl (C=O) groups excluding carboxylic acids is 2. The van der Waals surface area contributed by atoms with Gasteiger partial charge in [0.2, 0.25) is 5.91 Å². The van der Waals surface area contributed by atoms with Gasteiger partial charge in [0.05, 0.1) is 0 Å². The molecular weight excluding hydrogens is 369 g/mol. The molecule has 2 aliphatic heterocycles. The van der Waals surface area contributed by atoms with E-state index < -0.39 is 5.82 Å². The molecule has 1 aromatic carbocycles. The van der Waals surface area contributed by atoms with Crippen LogP contribution in [0.2, 0.25) is 0 Å². The largest absolute Gasteiger partial charge is 0.341 e. The number of carbonyl (C=O) groups is 2. The summed E-state index contributed by atoms with van der Waals surface area (Å²) in [5.74, 6) is 0.288. The van der Waals surface area contributed by atoms with Crippen LogP contribution >= 0.6 is 12.4 Å². The van der Waals surface area contributed by atoms with Crippen molar-refractivity contribution in [3.8, 4) is 0 Å². The van der Waals surface area contributed by atoms with Crippen LogP contribution in [0, 0.1) is 11.7 Å². The lowest BCUT2D eigenvalue weighted by Gasteiger charge is -2.25. The molecular formula is C20H29ClFN3O2. The van der Waals surface area contributed by atoms with Gasteiger partial charge in [-0.2, -0.15) is 0 Å². The van der Waals surface area contributed by atoms with E-state index in [1.807, 2.05) is 4.90 Å². The highest BCUT2D eigenvalue weighted by Crippen LogP contribution is 2.19. The van der Waals surface area contributed by atoms with E-state index in [2.05, 4.69) is 5.32 Å². The molecule has 0 spiro atoms. The Labute approximate surface area is 166 Å². The third kappa shape index (κ3) is 6.18. The zero-order chi connectivity index (χ0) is 18.4. The first-order chi connectivity index (χ1) is 12.6. The second-order valence-corrected chi connectivity index (χ2v) is 7.27. The first kappa shape index (κ1) is 21.6. The minimum Gasteiger partial charge on any atom is -0.341 e. The molecule has 1 N–H and O–H groups in total. The molecule has 0 bridgehead atoms. The molecule has 1 aromatic rings. The van der Waals surface area contributed by atoms with Crippen LogP contribution in [-0.4, -0.2) is 60.9 Å². The van der Waals surface area contributed by atoms with Gasteiger partial charge in [0.1, 0.15) is 5.82 Å². The highest BCUT2D eigenvalue weighted by atomic mass is 35.5. The molecule has 0 radical (unpaired) electrons. The lowest BCUT2D eigenvalue weighted by molar-refractivity contribution is -0.131. The van der Waals surface area contributed by atoms with E-state index in [0.717, 1.165) is 38.8 Å². The van der Waals surface area contributed by atoms with Gasteiger partial charge in [0.25, 0.3) is 5.91 Å². The van der Waals surface area contributed by atoms with Crippen LogP contribution in [0.15, 0.2) is 24.3 Å². The van der Waals surface area contributed by atoms with Gasteiger partial charge in [-0.3, -0.25) is 9.59 Å². The monoisotopic (exact) mass is 397 g/mol. The van der Waals surface area contributed by atoms with Crippen LogP contribution in [0.5, 0.6) is 0 Å². The van der Waals surface area contributed by atoms with Crippen molar-refractivity contribution in [1.29, 1.82) is 0 Å². The lowest BCUT2D eigenvalue weighted by Crippen LogP contribution is -2.37. The zero-order valence-corrected chi connectivity index (χ0v) is 16.5. The van der Waals surface area contributed by atoms with Gasteiger partial charge in [-0.15, -0.1) is 12.4 Å². The van der Waals surface area contributed by atoms with E-state index in [4.69, 9.17) is 0 Å². The summed E-state index contributed by atoms with van der Waals surface area (Å²) in [6, 6.07) is 5.80. The molecule has 27 heavy (non-hydrogen) atoms. The third-order valence-corrected chi connectivity index (χ3v) is 5.43. The predicted molar refractivity (Wildman–Crippen MR) is 106 cm³/mol. The third-order valence-electron chi connectivity index (χ3n) is 5.43. The lowest BCUT2D eigenvalue weighted by atomic mass is 9.93. The van der Waals surface area contributed by atoms with E-state index in [1.165, 1.54) is 12.1 Å². The van der Waals surface area contributed by atoms with E-state index in [0.29, 0.717) is 44.1 Å². The van der Waals surface area contributed by atoms with Crippen molar-refractivity contribution in [2.24, 2.45) is 5.92 Å². The van der Waals surface area contributed by atoms with E-state index in [-0.39, 0.29) is 24.2 Å². The number of hydrogen-bond acceptors (Lipinski definition) is 3. The summed E-state index contributed by atoms with van der Waals surface area (Å²) in [5.41, 5.74) is 0.371. The second-order valence-electron chi connectivity index (χ2n) is 7.27. The van der Waals surface area contributed by atoms with Gasteiger partial charge in [-0.25, -0.2) is 4.39 Å². The van der Waals surface area contributed by atoms with E-state index in [9.17, 15) is 14.0 Å². The average molecular weight is 398 g/mol. The zero-order valence-electron chi connectivity index (χ0n) is 15.7. The number of rotatable bonds is 4. The van der Waals surface area contributed by atoms with Crippen molar-refractivity contribution in [1.82, 2.24) is 15.1 Å². The molecule has 0 aliphatic carbocycles. The molecule has 2 amide bonds. The summed E-state index contributed by atoms with van der Waals surface area (Å²) >= 11 is 0. The van der Waals surface area contributed by atoms with Gasteiger partial charge in [0, 0.05) is 38.2 Å². The molecule has 2 saturated heterocycles. The summed E-state index contributed by atoms with van der Waals surface area (Å²) in [6.07, 6.45) is 4.64. The number of benzene rings is 1. The second kappa shape index (κ2) is 10.6. The maximum Gasteiger partial charge on any atom is 0.254 e. The molecule has 0 saturated carbocycles. The number of halogens is 2. The van der Waals surface area contributed by atoms with Crippen LogP contribution in [0.25, 0.3) is 0 Å². The fourth-order valence-corrected chi connectivity index (χ4v) is 3.83. The summed E-state index contributed by atoms with van der Waals surface area (Å²) in [7, 11) is 0. The van der Waals surface area contributed by atoms with Gasteiger partial charge in [-0.1, -0.05) is 6.07 Å². The summed E-state index contributed by atoms with van der Waals surface area (Å²) in [5, 5.41) is 3.35. The van der Waals surface area contributed by atoms with Crippen LogP contribution in [-0.2, 0) is 4.79 Å². The summed E-state index contributed by atoms with van der Waals surface area (Å²) < 4.78 is 13.4. The van der Waals surface area contributed by atoms with Crippen LogP contribution in [0.1, 0.15) is 42.5 Å². The smallest absolute Gasteiger partial charge is 0.254 e. The SMILES string of the molecule is Cl.O=C(CCC1CCNCC1)N1CCCN(C(=O)c2cccc(F)c2)CC1. The molecule has 5 nitrogen and oxygen atoms in total. The van der Waals surface area contributed by atoms with Gasteiger partial charge in [0.15, 0.2) is 0 Å². The molecule has 0 aromatic heterocycles. The molecule has 0 unspecified atom stereocenters. The van der Waals surface area contributed by atoms with Gasteiger partial charge >= 0.3 is 0 Å². The quantitative estimate of drug-likeness (QED) is 0.849. The Balaban J connectivity index is 0.00000261. The maximum atomic E-state index is 13.4. The van der Waals surface area contributed by atoms with Crippen molar-refractivity contribution in [3.63, 3.8) is 0 Å². The van der Waals surface area contributed by atoms with E-state index >= 15 is 0 Å². The number of amides is 2. The topological polar surface area (TPSA) is 52.7 Å². The number of nitrogens with one attached hydrogen (secondary N) is 1. The Morgan fingerprint density at radius 3 is 2.52 bits per heavy atom. The van der Waals surface area contributed by atoms with E-state index in [1.54, 1.807) is 17.0 Å².